The number of hydrogen-bond acceptors (Lipinski definition) is 3. The lowest BCUT2D eigenvalue weighted by atomic mass is 9.92. The number of rotatable bonds is 9. The maximum atomic E-state index is 12.4. The van der Waals surface area contributed by atoms with Gasteiger partial charge in [-0.25, -0.2) is 4.79 Å². The van der Waals surface area contributed by atoms with Crippen LogP contribution in [0.2, 0.25) is 5.02 Å². The highest BCUT2D eigenvalue weighted by molar-refractivity contribution is 6.30. The third kappa shape index (κ3) is 7.42. The molecule has 0 saturated carbocycles. The van der Waals surface area contributed by atoms with Gasteiger partial charge in [-0.05, 0) is 68.7 Å². The molecule has 6 heteroatoms. The molecule has 0 aliphatic heterocycles. The highest BCUT2D eigenvalue weighted by atomic mass is 35.5. The summed E-state index contributed by atoms with van der Waals surface area (Å²) in [5.41, 5.74) is 2.85. The standard InChI is InChI=1S/C23H30ClN3O2/c1-5-6-7-15-29-27-17(2)18-9-8-10-19(16-18)23(3,4)26-22(28)25-21-13-11-20(24)12-14-21/h8-14,16H,5-7,15H2,1-4H3,(H2,25,26,28). The highest BCUT2D eigenvalue weighted by Crippen LogP contribution is 2.22. The number of nitrogens with zero attached hydrogens (tertiary/aromatic N) is 1. The molecule has 0 atom stereocenters. The summed E-state index contributed by atoms with van der Waals surface area (Å²) >= 11 is 5.88. The monoisotopic (exact) mass is 415 g/mol. The van der Waals surface area contributed by atoms with Crippen molar-refractivity contribution in [2.75, 3.05) is 11.9 Å². The summed E-state index contributed by atoms with van der Waals surface area (Å²) in [5, 5.41) is 10.7. The van der Waals surface area contributed by atoms with Crippen LogP contribution in [0.5, 0.6) is 0 Å². The van der Waals surface area contributed by atoms with E-state index in [-0.39, 0.29) is 6.03 Å². The molecular weight excluding hydrogens is 386 g/mol. The van der Waals surface area contributed by atoms with E-state index in [2.05, 4.69) is 22.7 Å². The summed E-state index contributed by atoms with van der Waals surface area (Å²) in [6, 6.07) is 14.7. The van der Waals surface area contributed by atoms with Crippen LogP contribution in [0.15, 0.2) is 53.7 Å². The second-order valence-corrected chi connectivity index (χ2v) is 7.95. The number of unbranched alkanes of at least 4 members (excludes halogenated alkanes) is 2. The van der Waals surface area contributed by atoms with E-state index in [1.807, 2.05) is 45.0 Å². The minimum atomic E-state index is -0.575. The summed E-state index contributed by atoms with van der Waals surface area (Å²) in [6.07, 6.45) is 3.30. The number of urea groups is 1. The minimum Gasteiger partial charge on any atom is -0.396 e. The molecule has 0 radical (unpaired) electrons. The molecule has 0 fully saturated rings. The maximum absolute atomic E-state index is 12.4. The van der Waals surface area contributed by atoms with E-state index in [9.17, 15) is 4.79 Å². The van der Waals surface area contributed by atoms with Crippen LogP contribution in [0.25, 0.3) is 0 Å². The topological polar surface area (TPSA) is 62.7 Å². The Morgan fingerprint density at radius 3 is 2.55 bits per heavy atom. The predicted octanol–water partition coefficient (Wildman–Crippen LogP) is 6.33. The quantitative estimate of drug-likeness (QED) is 0.285. The summed E-state index contributed by atoms with van der Waals surface area (Å²) < 4.78 is 0. The Kier molecular flexibility index (Phi) is 8.52. The molecule has 2 N–H and O–H groups in total. The molecule has 5 nitrogen and oxygen atoms in total. The first-order valence-corrected chi connectivity index (χ1v) is 10.3. The number of carbonyl (C=O) groups excluding carboxylic acids is 1. The van der Waals surface area contributed by atoms with E-state index in [1.165, 1.54) is 0 Å². The van der Waals surface area contributed by atoms with Gasteiger partial charge in [0.05, 0.1) is 11.3 Å². The number of carbonyl (C=O) groups is 1. The Balaban J connectivity index is 2.02. The molecule has 156 valence electrons. The van der Waals surface area contributed by atoms with Gasteiger partial charge in [-0.15, -0.1) is 0 Å². The third-order valence-electron chi connectivity index (χ3n) is 4.57. The molecule has 0 heterocycles. The minimum absolute atomic E-state index is 0.285. The largest absolute Gasteiger partial charge is 0.396 e. The van der Waals surface area contributed by atoms with Crippen molar-refractivity contribution in [3.8, 4) is 0 Å². The molecule has 0 bridgehead atoms. The van der Waals surface area contributed by atoms with Gasteiger partial charge in [-0.1, -0.05) is 54.7 Å². The summed E-state index contributed by atoms with van der Waals surface area (Å²) in [6.45, 7) is 8.63. The molecule has 2 amide bonds. The van der Waals surface area contributed by atoms with Crippen molar-refractivity contribution in [1.29, 1.82) is 0 Å². The summed E-state index contributed by atoms with van der Waals surface area (Å²) in [7, 11) is 0. The normalized spacial score (nSPS) is 11.8. The first kappa shape index (κ1) is 22.8. The van der Waals surface area contributed by atoms with E-state index >= 15 is 0 Å². The number of halogens is 1. The van der Waals surface area contributed by atoms with Crippen LogP contribution in [-0.4, -0.2) is 18.3 Å². The fourth-order valence-electron chi connectivity index (χ4n) is 2.80. The maximum Gasteiger partial charge on any atom is 0.319 e. The van der Waals surface area contributed by atoms with E-state index in [4.69, 9.17) is 16.4 Å². The van der Waals surface area contributed by atoms with Crippen molar-refractivity contribution in [3.05, 3.63) is 64.7 Å². The van der Waals surface area contributed by atoms with Crippen molar-refractivity contribution in [3.63, 3.8) is 0 Å². The molecule has 2 aromatic rings. The van der Waals surface area contributed by atoms with Crippen molar-refractivity contribution >= 4 is 29.0 Å². The van der Waals surface area contributed by atoms with Crippen LogP contribution in [0, 0.1) is 0 Å². The van der Waals surface area contributed by atoms with E-state index < -0.39 is 5.54 Å². The number of benzene rings is 2. The molecule has 0 spiro atoms. The van der Waals surface area contributed by atoms with Crippen molar-refractivity contribution in [1.82, 2.24) is 5.32 Å². The zero-order valence-electron chi connectivity index (χ0n) is 17.6. The number of nitrogens with one attached hydrogen (secondary N) is 2. The molecule has 0 saturated heterocycles. The smallest absolute Gasteiger partial charge is 0.319 e. The van der Waals surface area contributed by atoms with Gasteiger partial charge >= 0.3 is 6.03 Å². The van der Waals surface area contributed by atoms with Gasteiger partial charge in [-0.2, -0.15) is 0 Å². The molecule has 2 rings (SSSR count). The fraction of sp³-hybridized carbons (Fsp3) is 0.391. The number of anilines is 1. The van der Waals surface area contributed by atoms with Crippen LogP contribution >= 0.6 is 11.6 Å². The lowest BCUT2D eigenvalue weighted by Gasteiger charge is -2.27. The van der Waals surface area contributed by atoms with Gasteiger partial charge in [0.2, 0.25) is 0 Å². The Bertz CT molecular complexity index is 832. The number of oxime groups is 1. The highest BCUT2D eigenvalue weighted by Gasteiger charge is 2.23. The molecule has 0 unspecified atom stereocenters. The average Bonchev–Trinajstić information content (AvgIpc) is 2.69. The molecule has 0 aromatic heterocycles. The molecule has 29 heavy (non-hydrogen) atoms. The third-order valence-corrected chi connectivity index (χ3v) is 4.82. The van der Waals surface area contributed by atoms with Crippen LogP contribution in [-0.2, 0) is 10.4 Å². The van der Waals surface area contributed by atoms with Gasteiger partial charge in [0, 0.05) is 10.7 Å². The lowest BCUT2D eigenvalue weighted by Crippen LogP contribution is -2.43. The van der Waals surface area contributed by atoms with E-state index in [0.29, 0.717) is 17.3 Å². The van der Waals surface area contributed by atoms with Crippen LogP contribution < -0.4 is 10.6 Å². The van der Waals surface area contributed by atoms with Crippen molar-refractivity contribution < 1.29 is 9.63 Å². The zero-order valence-corrected chi connectivity index (χ0v) is 18.3. The number of hydrogen-bond donors (Lipinski definition) is 2. The first-order chi connectivity index (χ1) is 13.8. The summed E-state index contributed by atoms with van der Waals surface area (Å²) in [5.74, 6) is 0. The summed E-state index contributed by atoms with van der Waals surface area (Å²) in [4.78, 5) is 17.8. The Morgan fingerprint density at radius 2 is 1.86 bits per heavy atom. The average molecular weight is 416 g/mol. The van der Waals surface area contributed by atoms with Crippen molar-refractivity contribution in [2.45, 2.75) is 52.5 Å². The molecule has 0 aliphatic rings. The van der Waals surface area contributed by atoms with Gasteiger partial charge in [0.15, 0.2) is 0 Å². The van der Waals surface area contributed by atoms with Gasteiger partial charge < -0.3 is 15.5 Å². The lowest BCUT2D eigenvalue weighted by molar-refractivity contribution is 0.140. The van der Waals surface area contributed by atoms with Crippen LogP contribution in [0.1, 0.15) is 58.1 Å². The van der Waals surface area contributed by atoms with Crippen LogP contribution in [0.4, 0.5) is 10.5 Å². The Labute approximate surface area is 178 Å². The predicted molar refractivity (Wildman–Crippen MR) is 121 cm³/mol. The second kappa shape index (κ2) is 10.9. The Morgan fingerprint density at radius 1 is 1.14 bits per heavy atom. The van der Waals surface area contributed by atoms with Crippen molar-refractivity contribution in [2.24, 2.45) is 5.16 Å². The number of amides is 2. The first-order valence-electron chi connectivity index (χ1n) is 9.94. The SMILES string of the molecule is CCCCCON=C(C)c1cccc(C(C)(C)NC(=O)Nc2ccc(Cl)cc2)c1. The van der Waals surface area contributed by atoms with E-state index in [1.54, 1.807) is 24.3 Å². The molecule has 0 aliphatic carbocycles. The zero-order chi connectivity index (χ0) is 21.3. The molecule has 2 aromatic carbocycles. The van der Waals surface area contributed by atoms with Gasteiger partial charge in [0.1, 0.15) is 6.61 Å². The fourth-order valence-corrected chi connectivity index (χ4v) is 2.92. The van der Waals surface area contributed by atoms with Crippen LogP contribution in [0.3, 0.4) is 0 Å². The second-order valence-electron chi connectivity index (χ2n) is 7.51. The van der Waals surface area contributed by atoms with Gasteiger partial charge in [-0.3, -0.25) is 0 Å². The molecular formula is C23H30ClN3O2. The Hall–Kier alpha value is -2.53. The van der Waals surface area contributed by atoms with E-state index in [0.717, 1.165) is 36.1 Å². The van der Waals surface area contributed by atoms with Gasteiger partial charge in [0.25, 0.3) is 0 Å².